The molecule has 0 aliphatic heterocycles. The van der Waals surface area contributed by atoms with Crippen molar-refractivity contribution in [3.8, 4) is 5.75 Å². The summed E-state index contributed by atoms with van der Waals surface area (Å²) in [7, 11) is -3.17. The van der Waals surface area contributed by atoms with Crippen LogP contribution in [0.15, 0.2) is 59.5 Å². The van der Waals surface area contributed by atoms with Crippen LogP contribution in [0.3, 0.4) is 0 Å². The summed E-state index contributed by atoms with van der Waals surface area (Å²) in [6, 6.07) is 16.9. The summed E-state index contributed by atoms with van der Waals surface area (Å²) in [5, 5.41) is 0. The molecule has 0 aliphatic rings. The van der Waals surface area contributed by atoms with Crippen molar-refractivity contribution in [1.29, 1.82) is 0 Å². The Kier molecular flexibility index (Phi) is 9.65. The Morgan fingerprint density at radius 1 is 0.962 bits per heavy atom. The average molecular weight is 399 g/mol. The zero-order chi connectivity index (χ0) is 18.1. The van der Waals surface area contributed by atoms with Gasteiger partial charge in [0, 0.05) is 32.4 Å². The van der Waals surface area contributed by atoms with Gasteiger partial charge in [0.25, 0.3) is 0 Å². The largest absolute Gasteiger partial charge is 0.492 e. The van der Waals surface area contributed by atoms with E-state index in [1.54, 1.807) is 24.3 Å². The minimum absolute atomic E-state index is 0. The number of nitrogens with two attached hydrogens (primary N) is 1. The maximum atomic E-state index is 11.4. The van der Waals surface area contributed by atoms with Crippen molar-refractivity contribution in [2.75, 3.05) is 39.0 Å². The highest BCUT2D eigenvalue weighted by Crippen LogP contribution is 2.15. The van der Waals surface area contributed by atoms with Crippen molar-refractivity contribution in [2.45, 2.75) is 11.3 Å². The number of hydrogen-bond donors (Lipinski definition) is 1. The predicted molar refractivity (Wildman–Crippen MR) is 108 cm³/mol. The number of nitrogens with zero attached hydrogens (tertiary/aromatic N) is 1. The molecule has 0 radical (unpaired) electrons. The quantitative estimate of drug-likeness (QED) is 0.665. The van der Waals surface area contributed by atoms with Crippen LogP contribution in [0.2, 0.25) is 0 Å². The molecule has 0 bridgehead atoms. The topological polar surface area (TPSA) is 72.6 Å². The first kappa shape index (κ1) is 22.4. The van der Waals surface area contributed by atoms with Crippen LogP contribution in [0.25, 0.3) is 0 Å². The fourth-order valence-electron chi connectivity index (χ4n) is 2.53. The molecule has 0 heterocycles. The molecule has 144 valence electrons. The highest BCUT2D eigenvalue weighted by molar-refractivity contribution is 7.90. The van der Waals surface area contributed by atoms with Gasteiger partial charge in [-0.2, -0.15) is 0 Å². The van der Waals surface area contributed by atoms with E-state index in [0.717, 1.165) is 26.1 Å². The second-order valence-electron chi connectivity index (χ2n) is 5.96. The Morgan fingerprint density at radius 2 is 1.62 bits per heavy atom. The van der Waals surface area contributed by atoms with Crippen molar-refractivity contribution < 1.29 is 13.2 Å². The third-order valence-corrected chi connectivity index (χ3v) is 5.06. The summed E-state index contributed by atoms with van der Waals surface area (Å²) >= 11 is 0. The summed E-state index contributed by atoms with van der Waals surface area (Å²) in [5.41, 5.74) is 7.01. The third kappa shape index (κ3) is 7.74. The van der Waals surface area contributed by atoms with E-state index in [4.69, 9.17) is 10.5 Å². The maximum absolute atomic E-state index is 11.4. The molecular weight excluding hydrogens is 372 g/mol. The lowest BCUT2D eigenvalue weighted by atomic mass is 10.1. The number of halogens is 1. The fourth-order valence-corrected chi connectivity index (χ4v) is 3.16. The molecule has 0 saturated carbocycles. The van der Waals surface area contributed by atoms with Gasteiger partial charge in [-0.1, -0.05) is 30.3 Å². The van der Waals surface area contributed by atoms with Gasteiger partial charge in [-0.05, 0) is 36.2 Å². The van der Waals surface area contributed by atoms with E-state index in [9.17, 15) is 8.42 Å². The van der Waals surface area contributed by atoms with Gasteiger partial charge in [-0.3, -0.25) is 4.90 Å². The lowest BCUT2D eigenvalue weighted by Crippen LogP contribution is -2.34. The van der Waals surface area contributed by atoms with E-state index >= 15 is 0 Å². The molecular formula is C19H27ClN2O3S. The highest BCUT2D eigenvalue weighted by Gasteiger charge is 2.08. The molecule has 0 aliphatic carbocycles. The third-order valence-electron chi connectivity index (χ3n) is 3.93. The second-order valence-corrected chi connectivity index (χ2v) is 7.97. The van der Waals surface area contributed by atoms with Crippen molar-refractivity contribution in [3.63, 3.8) is 0 Å². The minimum Gasteiger partial charge on any atom is -0.492 e. The van der Waals surface area contributed by atoms with Crippen molar-refractivity contribution in [2.24, 2.45) is 5.73 Å². The van der Waals surface area contributed by atoms with E-state index < -0.39 is 9.84 Å². The summed E-state index contributed by atoms with van der Waals surface area (Å²) in [6.07, 6.45) is 2.17. The molecule has 26 heavy (non-hydrogen) atoms. The van der Waals surface area contributed by atoms with E-state index in [1.165, 1.54) is 11.8 Å². The van der Waals surface area contributed by atoms with Crippen LogP contribution < -0.4 is 10.5 Å². The highest BCUT2D eigenvalue weighted by atomic mass is 35.5. The van der Waals surface area contributed by atoms with Gasteiger partial charge in [-0.25, -0.2) is 8.42 Å². The standard InChI is InChI=1S/C19H26N2O3S.ClH/c1-25(22,23)19-9-7-18(8-10-19)24-16-15-21(14-12-20)13-11-17-5-3-2-4-6-17;/h2-10H,11-16,20H2,1H3;1H. The van der Waals surface area contributed by atoms with Crippen LogP contribution >= 0.6 is 12.4 Å². The van der Waals surface area contributed by atoms with Gasteiger partial charge >= 0.3 is 0 Å². The molecule has 0 aromatic heterocycles. The first-order chi connectivity index (χ1) is 12.0. The minimum atomic E-state index is -3.17. The molecule has 2 rings (SSSR count). The molecule has 2 N–H and O–H groups in total. The first-order valence-corrected chi connectivity index (χ1v) is 10.3. The Labute approximate surface area is 162 Å². The smallest absolute Gasteiger partial charge is 0.175 e. The molecule has 0 unspecified atom stereocenters. The van der Waals surface area contributed by atoms with Crippen molar-refractivity contribution in [3.05, 3.63) is 60.2 Å². The van der Waals surface area contributed by atoms with Crippen LogP contribution in [0.5, 0.6) is 5.75 Å². The van der Waals surface area contributed by atoms with Crippen LogP contribution in [-0.4, -0.2) is 52.4 Å². The molecule has 2 aromatic carbocycles. The zero-order valence-electron chi connectivity index (χ0n) is 15.0. The molecule has 0 atom stereocenters. The average Bonchev–Trinajstić information content (AvgIpc) is 2.60. The van der Waals surface area contributed by atoms with E-state index in [0.29, 0.717) is 23.8 Å². The lowest BCUT2D eigenvalue weighted by Gasteiger charge is -2.21. The lowest BCUT2D eigenvalue weighted by molar-refractivity contribution is 0.214. The summed E-state index contributed by atoms with van der Waals surface area (Å²) in [6.45, 7) is 3.67. The number of hydrogen-bond acceptors (Lipinski definition) is 5. The van der Waals surface area contributed by atoms with E-state index in [1.807, 2.05) is 18.2 Å². The van der Waals surface area contributed by atoms with Crippen LogP contribution in [-0.2, 0) is 16.3 Å². The summed E-state index contributed by atoms with van der Waals surface area (Å²) in [4.78, 5) is 2.57. The normalized spacial score (nSPS) is 11.2. The molecule has 0 fully saturated rings. The number of sulfone groups is 1. The SMILES string of the molecule is CS(=O)(=O)c1ccc(OCCN(CCN)CCc2ccccc2)cc1.Cl. The molecule has 0 amide bonds. The van der Waals surface area contributed by atoms with Gasteiger partial charge in [-0.15, -0.1) is 12.4 Å². The fraction of sp³-hybridized carbons (Fsp3) is 0.368. The number of ether oxygens (including phenoxy) is 1. The monoisotopic (exact) mass is 398 g/mol. The summed E-state index contributed by atoms with van der Waals surface area (Å²) in [5.74, 6) is 0.670. The van der Waals surface area contributed by atoms with E-state index in [-0.39, 0.29) is 12.4 Å². The van der Waals surface area contributed by atoms with Gasteiger partial charge in [0.05, 0.1) is 4.90 Å². The van der Waals surface area contributed by atoms with Gasteiger partial charge in [0.2, 0.25) is 0 Å². The zero-order valence-corrected chi connectivity index (χ0v) is 16.6. The van der Waals surface area contributed by atoms with Gasteiger partial charge < -0.3 is 10.5 Å². The maximum Gasteiger partial charge on any atom is 0.175 e. The summed E-state index contributed by atoms with van der Waals surface area (Å²) < 4.78 is 28.6. The second kappa shape index (κ2) is 11.2. The Morgan fingerprint density at radius 3 is 2.19 bits per heavy atom. The van der Waals surface area contributed by atoms with Gasteiger partial charge in [0.15, 0.2) is 9.84 Å². The number of benzene rings is 2. The molecule has 7 heteroatoms. The first-order valence-electron chi connectivity index (χ1n) is 8.38. The molecule has 5 nitrogen and oxygen atoms in total. The Hall–Kier alpha value is -1.60. The van der Waals surface area contributed by atoms with Crippen molar-refractivity contribution in [1.82, 2.24) is 4.90 Å². The number of rotatable bonds is 10. The Balaban J connectivity index is 0.00000338. The molecule has 0 saturated heterocycles. The molecule has 0 spiro atoms. The van der Waals surface area contributed by atoms with E-state index in [2.05, 4.69) is 17.0 Å². The van der Waals surface area contributed by atoms with Crippen molar-refractivity contribution >= 4 is 22.2 Å². The Bertz CT molecular complexity index is 737. The van der Waals surface area contributed by atoms with Crippen LogP contribution in [0.4, 0.5) is 0 Å². The molecule has 2 aromatic rings. The van der Waals surface area contributed by atoms with Crippen LogP contribution in [0, 0.1) is 0 Å². The van der Waals surface area contributed by atoms with Gasteiger partial charge in [0.1, 0.15) is 12.4 Å². The van der Waals surface area contributed by atoms with Crippen LogP contribution in [0.1, 0.15) is 5.56 Å². The predicted octanol–water partition coefficient (Wildman–Crippen LogP) is 2.39.